The van der Waals surface area contributed by atoms with E-state index < -0.39 is 0 Å². The molecule has 0 aliphatic carbocycles. The van der Waals surface area contributed by atoms with Gasteiger partial charge in [0.05, 0.1) is 6.04 Å². The van der Waals surface area contributed by atoms with Crippen LogP contribution in [0.3, 0.4) is 0 Å². The lowest BCUT2D eigenvalue weighted by molar-refractivity contribution is -0.122. The molecule has 1 atom stereocenters. The second kappa shape index (κ2) is 6.86. The Kier molecular flexibility index (Phi) is 5.77. The molecule has 1 saturated heterocycles. The molecule has 0 aromatic rings. The molecule has 1 fully saturated rings. The Hall–Kier alpha value is -0.610. The third-order valence-corrected chi connectivity index (χ3v) is 3.60. The molecule has 3 N–H and O–H groups in total. The van der Waals surface area contributed by atoms with Gasteiger partial charge >= 0.3 is 0 Å². The zero-order chi connectivity index (χ0) is 12.0. The summed E-state index contributed by atoms with van der Waals surface area (Å²) >= 11 is 0. The van der Waals surface area contributed by atoms with Crippen molar-refractivity contribution in [3.05, 3.63) is 0 Å². The summed E-state index contributed by atoms with van der Waals surface area (Å²) in [5.41, 5.74) is 5.37. The smallest absolute Gasteiger partial charge is 0.234 e. The van der Waals surface area contributed by atoms with Gasteiger partial charge in [-0.3, -0.25) is 9.69 Å². The molecule has 1 aliphatic rings. The summed E-state index contributed by atoms with van der Waals surface area (Å²) in [6.45, 7) is 5.27. The molecule has 0 aromatic carbocycles. The summed E-state index contributed by atoms with van der Waals surface area (Å²) in [7, 11) is 2.00. The van der Waals surface area contributed by atoms with E-state index in [4.69, 9.17) is 5.73 Å². The van der Waals surface area contributed by atoms with Crippen LogP contribution >= 0.6 is 0 Å². The van der Waals surface area contributed by atoms with Gasteiger partial charge in [0.25, 0.3) is 0 Å². The summed E-state index contributed by atoms with van der Waals surface area (Å²) in [4.78, 5) is 13.3. The molecule has 0 aromatic heterocycles. The second-order valence-corrected chi connectivity index (χ2v) is 4.79. The number of hydrogen-bond donors (Lipinski definition) is 2. The highest BCUT2D eigenvalue weighted by molar-refractivity contribution is 5.79. The number of hydrogen-bond acceptors (Lipinski definition) is 3. The van der Waals surface area contributed by atoms with Gasteiger partial charge < -0.3 is 11.1 Å². The SMILES string of the molecule is CCC(C(N)=O)N(C)CCC1CCNCC1. The molecule has 16 heavy (non-hydrogen) atoms. The largest absolute Gasteiger partial charge is 0.368 e. The van der Waals surface area contributed by atoms with Gasteiger partial charge in [0.2, 0.25) is 5.91 Å². The molecule has 0 saturated carbocycles. The van der Waals surface area contributed by atoms with Crippen molar-refractivity contribution in [2.75, 3.05) is 26.7 Å². The Morgan fingerprint density at radius 3 is 2.62 bits per heavy atom. The van der Waals surface area contributed by atoms with E-state index in [1.54, 1.807) is 0 Å². The van der Waals surface area contributed by atoms with Crippen LogP contribution in [0, 0.1) is 5.92 Å². The minimum Gasteiger partial charge on any atom is -0.368 e. The first-order chi connectivity index (χ1) is 7.65. The first-order valence-electron chi connectivity index (χ1n) is 6.35. The lowest BCUT2D eigenvalue weighted by atomic mass is 9.94. The molecule has 1 unspecified atom stereocenters. The van der Waals surface area contributed by atoms with Crippen molar-refractivity contribution in [1.82, 2.24) is 10.2 Å². The monoisotopic (exact) mass is 227 g/mol. The van der Waals surface area contributed by atoms with Gasteiger partial charge in [0.1, 0.15) is 0 Å². The minimum atomic E-state index is -0.199. The average Bonchev–Trinajstić information content (AvgIpc) is 2.28. The van der Waals surface area contributed by atoms with Gasteiger partial charge in [-0.1, -0.05) is 6.92 Å². The standard InChI is InChI=1S/C12H25N3O/c1-3-11(12(13)16)15(2)9-6-10-4-7-14-8-5-10/h10-11,14H,3-9H2,1-2H3,(H2,13,16). The maximum absolute atomic E-state index is 11.2. The summed E-state index contributed by atoms with van der Waals surface area (Å²) in [6.07, 6.45) is 4.52. The molecule has 4 heteroatoms. The summed E-state index contributed by atoms with van der Waals surface area (Å²) in [5, 5.41) is 3.37. The topological polar surface area (TPSA) is 58.4 Å². The van der Waals surface area contributed by atoms with Crippen LogP contribution in [0.5, 0.6) is 0 Å². The number of primary amides is 1. The normalized spacial score (nSPS) is 19.9. The predicted molar refractivity (Wildman–Crippen MR) is 66.1 cm³/mol. The van der Waals surface area contributed by atoms with E-state index in [0.29, 0.717) is 0 Å². The molecular weight excluding hydrogens is 202 g/mol. The van der Waals surface area contributed by atoms with Crippen LogP contribution in [0.25, 0.3) is 0 Å². The minimum absolute atomic E-state index is 0.0956. The molecule has 0 radical (unpaired) electrons. The van der Waals surface area contributed by atoms with E-state index >= 15 is 0 Å². The Balaban J connectivity index is 2.27. The van der Waals surface area contributed by atoms with Crippen LogP contribution in [0.1, 0.15) is 32.6 Å². The number of likely N-dealkylation sites (N-methyl/N-ethyl adjacent to an activating group) is 1. The van der Waals surface area contributed by atoms with E-state index in [1.807, 2.05) is 14.0 Å². The Bertz CT molecular complexity index is 214. The van der Waals surface area contributed by atoms with E-state index in [9.17, 15) is 4.79 Å². The van der Waals surface area contributed by atoms with Gasteiger partial charge in [-0.15, -0.1) is 0 Å². The van der Waals surface area contributed by atoms with Crippen LogP contribution in [-0.4, -0.2) is 43.5 Å². The third-order valence-electron chi connectivity index (χ3n) is 3.60. The Labute approximate surface area is 98.6 Å². The van der Waals surface area contributed by atoms with Gasteiger partial charge in [-0.25, -0.2) is 0 Å². The highest BCUT2D eigenvalue weighted by atomic mass is 16.1. The van der Waals surface area contributed by atoms with E-state index in [0.717, 1.165) is 32.0 Å². The maximum Gasteiger partial charge on any atom is 0.234 e. The van der Waals surface area contributed by atoms with Crippen LogP contribution in [-0.2, 0) is 4.79 Å². The van der Waals surface area contributed by atoms with Gasteiger partial charge in [0.15, 0.2) is 0 Å². The lowest BCUT2D eigenvalue weighted by Gasteiger charge is -2.28. The van der Waals surface area contributed by atoms with Crippen molar-refractivity contribution in [3.8, 4) is 0 Å². The van der Waals surface area contributed by atoms with Gasteiger partial charge in [0, 0.05) is 0 Å². The molecule has 4 nitrogen and oxygen atoms in total. The number of nitrogens with two attached hydrogens (primary N) is 1. The molecule has 1 rings (SSSR count). The van der Waals surface area contributed by atoms with E-state index in [-0.39, 0.29) is 11.9 Å². The molecule has 1 aliphatic heterocycles. The summed E-state index contributed by atoms with van der Waals surface area (Å²) in [6, 6.07) is -0.0956. The second-order valence-electron chi connectivity index (χ2n) is 4.79. The van der Waals surface area contributed by atoms with Crippen LogP contribution in [0.4, 0.5) is 0 Å². The molecule has 0 bridgehead atoms. The zero-order valence-electron chi connectivity index (χ0n) is 10.5. The van der Waals surface area contributed by atoms with Crippen molar-refractivity contribution < 1.29 is 4.79 Å². The van der Waals surface area contributed by atoms with Crippen molar-refractivity contribution in [3.63, 3.8) is 0 Å². The van der Waals surface area contributed by atoms with Crippen molar-refractivity contribution in [1.29, 1.82) is 0 Å². The van der Waals surface area contributed by atoms with Crippen molar-refractivity contribution in [2.24, 2.45) is 11.7 Å². The molecule has 1 heterocycles. The van der Waals surface area contributed by atoms with Gasteiger partial charge in [-0.05, 0) is 58.3 Å². The predicted octanol–water partition coefficient (Wildman–Crippen LogP) is 0.572. The fraction of sp³-hybridized carbons (Fsp3) is 0.917. The highest BCUT2D eigenvalue weighted by Crippen LogP contribution is 2.16. The van der Waals surface area contributed by atoms with Gasteiger partial charge in [-0.2, -0.15) is 0 Å². The number of nitrogens with one attached hydrogen (secondary N) is 1. The lowest BCUT2D eigenvalue weighted by Crippen LogP contribution is -2.43. The van der Waals surface area contributed by atoms with Crippen molar-refractivity contribution in [2.45, 2.75) is 38.6 Å². The number of nitrogens with zero attached hydrogens (tertiary/aromatic N) is 1. The van der Waals surface area contributed by atoms with E-state index in [2.05, 4.69) is 10.2 Å². The van der Waals surface area contributed by atoms with Crippen molar-refractivity contribution >= 4 is 5.91 Å². The number of carbonyl (C=O) groups is 1. The number of piperidine rings is 1. The highest BCUT2D eigenvalue weighted by Gasteiger charge is 2.20. The number of rotatable bonds is 6. The number of amides is 1. The Morgan fingerprint density at radius 2 is 2.12 bits per heavy atom. The molecule has 1 amide bonds. The summed E-state index contributed by atoms with van der Waals surface area (Å²) < 4.78 is 0. The van der Waals surface area contributed by atoms with Crippen LogP contribution < -0.4 is 11.1 Å². The first kappa shape index (κ1) is 13.5. The van der Waals surface area contributed by atoms with E-state index in [1.165, 1.54) is 19.3 Å². The first-order valence-corrected chi connectivity index (χ1v) is 6.35. The zero-order valence-corrected chi connectivity index (χ0v) is 10.5. The number of carbonyl (C=O) groups excluding carboxylic acids is 1. The van der Waals surface area contributed by atoms with Crippen LogP contribution in [0.15, 0.2) is 0 Å². The fourth-order valence-corrected chi connectivity index (χ4v) is 2.44. The van der Waals surface area contributed by atoms with Crippen LogP contribution in [0.2, 0.25) is 0 Å². The quantitative estimate of drug-likeness (QED) is 0.697. The maximum atomic E-state index is 11.2. The molecule has 94 valence electrons. The fourth-order valence-electron chi connectivity index (χ4n) is 2.44. The average molecular weight is 227 g/mol. The summed E-state index contributed by atoms with van der Waals surface area (Å²) in [5.74, 6) is 0.615. The molecule has 0 spiro atoms. The Morgan fingerprint density at radius 1 is 1.50 bits per heavy atom. The molecular formula is C12H25N3O. The third kappa shape index (κ3) is 4.10.